The molecule has 2 aliphatic carbocycles. The molecule has 2 fully saturated rings. The fraction of sp³-hybridized carbons (Fsp3) is 0.833. The van der Waals surface area contributed by atoms with Crippen molar-refractivity contribution in [2.75, 3.05) is 6.61 Å². The van der Waals surface area contributed by atoms with Crippen molar-refractivity contribution in [1.82, 2.24) is 0 Å². The molecular formula is C12H17ClO3. The first-order valence-corrected chi connectivity index (χ1v) is 6.08. The van der Waals surface area contributed by atoms with Crippen molar-refractivity contribution in [1.29, 1.82) is 0 Å². The molecular weight excluding hydrogens is 228 g/mol. The Morgan fingerprint density at radius 3 is 2.62 bits per heavy atom. The lowest BCUT2D eigenvalue weighted by molar-refractivity contribution is -0.148. The third-order valence-electron chi connectivity index (χ3n) is 4.76. The molecule has 0 heterocycles. The number of Topliss-reactive ketones (excluding diaryl/α,β-unsaturated/α-hetero) is 1. The molecule has 0 aromatic carbocycles. The molecule has 2 bridgehead atoms. The zero-order valence-electron chi connectivity index (χ0n) is 9.88. The van der Waals surface area contributed by atoms with Crippen LogP contribution in [-0.2, 0) is 14.3 Å². The average Bonchev–Trinajstić information content (AvgIpc) is 2.54. The second-order valence-electron chi connectivity index (χ2n) is 5.44. The molecule has 0 aliphatic heterocycles. The number of ketones is 1. The summed E-state index contributed by atoms with van der Waals surface area (Å²) in [5.74, 6) is -0.0271. The van der Waals surface area contributed by atoms with E-state index < -0.39 is 10.8 Å². The number of ether oxygens (including phenoxy) is 1. The highest BCUT2D eigenvalue weighted by molar-refractivity contribution is 6.33. The molecule has 90 valence electrons. The Labute approximate surface area is 100 Å². The number of hydrogen-bond acceptors (Lipinski definition) is 3. The Bertz CT molecular complexity index is 354. The predicted octanol–water partition coefficient (Wildman–Crippen LogP) is 2.16. The Hall–Kier alpha value is -0.570. The van der Waals surface area contributed by atoms with E-state index in [-0.39, 0.29) is 23.1 Å². The third kappa shape index (κ3) is 1.27. The second kappa shape index (κ2) is 3.46. The van der Waals surface area contributed by atoms with Crippen LogP contribution in [0.3, 0.4) is 0 Å². The van der Waals surface area contributed by atoms with Gasteiger partial charge in [-0.25, -0.2) is 0 Å². The Morgan fingerprint density at radius 1 is 1.56 bits per heavy atom. The largest absolute Gasteiger partial charge is 0.465 e. The van der Waals surface area contributed by atoms with Crippen LogP contribution in [0.25, 0.3) is 0 Å². The van der Waals surface area contributed by atoms with Gasteiger partial charge < -0.3 is 4.74 Å². The molecule has 3 nitrogen and oxygen atoms in total. The van der Waals surface area contributed by atoms with Crippen LogP contribution in [0.1, 0.15) is 33.6 Å². The lowest BCUT2D eigenvalue weighted by atomic mass is 9.69. The van der Waals surface area contributed by atoms with Gasteiger partial charge in [0.1, 0.15) is 0 Å². The summed E-state index contributed by atoms with van der Waals surface area (Å²) in [6.07, 6.45) is 1.81. The summed E-state index contributed by atoms with van der Waals surface area (Å²) in [7, 11) is 0. The maximum Gasteiger partial charge on any atom is 0.302 e. The lowest BCUT2D eigenvalue weighted by Gasteiger charge is -2.35. The van der Waals surface area contributed by atoms with Gasteiger partial charge in [-0.2, -0.15) is 0 Å². The minimum Gasteiger partial charge on any atom is -0.465 e. The van der Waals surface area contributed by atoms with Crippen LogP contribution in [0.4, 0.5) is 0 Å². The van der Waals surface area contributed by atoms with Crippen LogP contribution in [0.15, 0.2) is 0 Å². The van der Waals surface area contributed by atoms with Crippen LogP contribution in [0, 0.1) is 16.7 Å². The molecule has 0 radical (unpaired) electrons. The standard InChI is InChI=1S/C12H17ClO3/c1-7(14)16-6-12(3)8-4-5-11(12,2)10(15)9(8)13/h8-9H,4-6H2,1-3H3. The van der Waals surface area contributed by atoms with E-state index in [0.29, 0.717) is 6.61 Å². The van der Waals surface area contributed by atoms with Gasteiger partial charge in [0, 0.05) is 17.8 Å². The van der Waals surface area contributed by atoms with Gasteiger partial charge in [0.2, 0.25) is 0 Å². The first kappa shape index (κ1) is 11.9. The summed E-state index contributed by atoms with van der Waals surface area (Å²) in [6, 6.07) is 0. The first-order chi connectivity index (χ1) is 7.33. The fourth-order valence-corrected chi connectivity index (χ4v) is 3.98. The molecule has 4 heteroatoms. The van der Waals surface area contributed by atoms with Crippen molar-refractivity contribution < 1.29 is 14.3 Å². The van der Waals surface area contributed by atoms with Crippen molar-refractivity contribution in [2.24, 2.45) is 16.7 Å². The molecule has 0 aromatic rings. The van der Waals surface area contributed by atoms with E-state index in [9.17, 15) is 9.59 Å². The Balaban J connectivity index is 2.28. The molecule has 16 heavy (non-hydrogen) atoms. The molecule has 4 atom stereocenters. The normalized spacial score (nSPS) is 46.1. The summed E-state index contributed by atoms with van der Waals surface area (Å²) in [5, 5.41) is -0.403. The highest BCUT2D eigenvalue weighted by Gasteiger charge is 2.68. The van der Waals surface area contributed by atoms with E-state index in [0.717, 1.165) is 12.8 Å². The van der Waals surface area contributed by atoms with E-state index in [1.165, 1.54) is 6.92 Å². The van der Waals surface area contributed by atoms with E-state index in [1.807, 2.05) is 13.8 Å². The van der Waals surface area contributed by atoms with Crippen molar-refractivity contribution in [3.05, 3.63) is 0 Å². The van der Waals surface area contributed by atoms with E-state index in [2.05, 4.69) is 0 Å². The van der Waals surface area contributed by atoms with Crippen molar-refractivity contribution in [3.8, 4) is 0 Å². The highest BCUT2D eigenvalue weighted by atomic mass is 35.5. The van der Waals surface area contributed by atoms with Gasteiger partial charge in [-0.05, 0) is 18.8 Å². The third-order valence-corrected chi connectivity index (χ3v) is 5.26. The van der Waals surface area contributed by atoms with Crippen molar-refractivity contribution in [2.45, 2.75) is 39.0 Å². The summed E-state index contributed by atoms with van der Waals surface area (Å²) >= 11 is 6.16. The van der Waals surface area contributed by atoms with Gasteiger partial charge in [0.05, 0.1) is 12.0 Å². The van der Waals surface area contributed by atoms with Crippen LogP contribution in [0.5, 0.6) is 0 Å². The average molecular weight is 245 g/mol. The molecule has 2 saturated carbocycles. The van der Waals surface area contributed by atoms with E-state index in [4.69, 9.17) is 16.3 Å². The molecule has 0 spiro atoms. The number of hydrogen-bond donors (Lipinski definition) is 0. The van der Waals surface area contributed by atoms with Gasteiger partial charge in [-0.1, -0.05) is 13.8 Å². The highest BCUT2D eigenvalue weighted by Crippen LogP contribution is 2.65. The number of alkyl halides is 1. The van der Waals surface area contributed by atoms with Gasteiger partial charge in [0.25, 0.3) is 0 Å². The quantitative estimate of drug-likeness (QED) is 0.552. The molecule has 2 rings (SSSR count). The maximum atomic E-state index is 12.1. The zero-order chi connectivity index (χ0) is 12.1. The minimum absolute atomic E-state index is 0.125. The smallest absolute Gasteiger partial charge is 0.302 e. The van der Waals surface area contributed by atoms with Crippen LogP contribution < -0.4 is 0 Å². The van der Waals surface area contributed by atoms with Crippen molar-refractivity contribution in [3.63, 3.8) is 0 Å². The molecule has 0 N–H and O–H groups in total. The number of rotatable bonds is 2. The minimum atomic E-state index is -0.417. The summed E-state index contributed by atoms with van der Waals surface area (Å²) in [6.45, 7) is 5.68. The van der Waals surface area contributed by atoms with E-state index >= 15 is 0 Å². The van der Waals surface area contributed by atoms with Gasteiger partial charge in [-0.3, -0.25) is 9.59 Å². The summed E-state index contributed by atoms with van der Waals surface area (Å²) in [4.78, 5) is 23.0. The Morgan fingerprint density at radius 2 is 2.19 bits per heavy atom. The summed E-state index contributed by atoms with van der Waals surface area (Å²) in [5.41, 5.74) is -0.707. The first-order valence-electron chi connectivity index (χ1n) is 5.65. The maximum absolute atomic E-state index is 12.1. The molecule has 2 aliphatic rings. The molecule has 0 aromatic heterocycles. The number of esters is 1. The number of carbonyl (C=O) groups is 2. The lowest BCUT2D eigenvalue weighted by Crippen LogP contribution is -2.39. The molecule has 0 amide bonds. The van der Waals surface area contributed by atoms with Gasteiger partial charge in [-0.15, -0.1) is 11.6 Å². The number of fused-ring (bicyclic) bond motifs is 2. The predicted molar refractivity (Wildman–Crippen MR) is 60.2 cm³/mol. The fourth-order valence-electron chi connectivity index (χ4n) is 3.34. The van der Waals surface area contributed by atoms with E-state index in [1.54, 1.807) is 0 Å². The van der Waals surface area contributed by atoms with Gasteiger partial charge >= 0.3 is 5.97 Å². The van der Waals surface area contributed by atoms with Crippen LogP contribution >= 0.6 is 11.6 Å². The SMILES string of the molecule is CC(=O)OCC1(C)C2CCC1(C)C(=O)C2Cl. The van der Waals surface area contributed by atoms with Gasteiger partial charge in [0.15, 0.2) is 5.78 Å². The Kier molecular flexibility index (Phi) is 2.57. The number of carbonyl (C=O) groups excluding carboxylic acids is 2. The summed E-state index contributed by atoms with van der Waals surface area (Å²) < 4.78 is 5.12. The zero-order valence-corrected chi connectivity index (χ0v) is 10.6. The van der Waals surface area contributed by atoms with Crippen LogP contribution in [0.2, 0.25) is 0 Å². The number of halogens is 1. The monoisotopic (exact) mass is 244 g/mol. The molecule has 0 saturated heterocycles. The molecule has 4 unspecified atom stereocenters. The van der Waals surface area contributed by atoms with Crippen molar-refractivity contribution >= 4 is 23.4 Å². The second-order valence-corrected chi connectivity index (χ2v) is 5.91. The topological polar surface area (TPSA) is 43.4 Å². The van der Waals surface area contributed by atoms with Crippen LogP contribution in [-0.4, -0.2) is 23.7 Å².